The van der Waals surface area contributed by atoms with Crippen molar-refractivity contribution in [3.05, 3.63) is 134 Å². The molecule has 0 amide bonds. The minimum absolute atomic E-state index is 0.0771. The van der Waals surface area contributed by atoms with Crippen molar-refractivity contribution in [3.63, 3.8) is 0 Å². The molecule has 0 aliphatic rings. The topological polar surface area (TPSA) is 231 Å². The van der Waals surface area contributed by atoms with Crippen LogP contribution in [-0.4, -0.2) is 95.9 Å². The van der Waals surface area contributed by atoms with E-state index in [1.165, 1.54) is 19.3 Å². The second-order valence-corrected chi connectivity index (χ2v) is 24.8. The van der Waals surface area contributed by atoms with Gasteiger partial charge in [-0.15, -0.1) is 0 Å². The number of unbranched alkanes of at least 4 members (excludes halogenated alkanes) is 17. The van der Waals surface area contributed by atoms with E-state index in [9.17, 15) is 43.5 Å². The highest BCUT2D eigenvalue weighted by Crippen LogP contribution is 2.45. The number of ether oxygens (including phenoxy) is 3. The van der Waals surface area contributed by atoms with Gasteiger partial charge in [0.2, 0.25) is 0 Å². The lowest BCUT2D eigenvalue weighted by atomic mass is 10.1. The fraction of sp³-hybridized carbons (Fsp3) is 0.648. The molecule has 0 rings (SSSR count). The molecule has 0 aromatic heterocycles. The first-order valence-electron chi connectivity index (χ1n) is 33.5. The van der Waals surface area contributed by atoms with Crippen molar-refractivity contribution < 1.29 is 75.8 Å². The van der Waals surface area contributed by atoms with Crippen molar-refractivity contribution in [1.82, 2.24) is 0 Å². The van der Waals surface area contributed by atoms with Gasteiger partial charge in [-0.2, -0.15) is 0 Å². The number of phosphoric ester groups is 2. The summed E-state index contributed by atoms with van der Waals surface area (Å²) in [6, 6.07) is 0. The van der Waals surface area contributed by atoms with Gasteiger partial charge in [0.15, 0.2) is 6.10 Å². The van der Waals surface area contributed by atoms with Crippen LogP contribution >= 0.6 is 15.6 Å². The van der Waals surface area contributed by atoms with Gasteiger partial charge in [-0.1, -0.05) is 219 Å². The molecule has 0 aromatic rings. The van der Waals surface area contributed by atoms with Gasteiger partial charge in [0.05, 0.1) is 26.4 Å². The zero-order valence-electron chi connectivity index (χ0n) is 54.8. The van der Waals surface area contributed by atoms with E-state index in [4.69, 9.17) is 32.3 Å². The summed E-state index contributed by atoms with van der Waals surface area (Å²) >= 11 is 0. The largest absolute Gasteiger partial charge is 0.472 e. The standard InChI is InChI=1S/C71H118O16P2/c1-4-7-10-13-16-19-22-25-28-30-32-34-37-39-42-45-48-51-54-57-69(74)81-60-66(72)61-83-88(77,78)84-62-67(73)63-85-89(79,80)86-65-68(87-71(76)59-56-53-50-47-44-41-36-27-24-21-18-15-12-9-6-3)64-82-70(75)58-55-52-49-46-43-40-38-35-33-31-29-26-23-20-17-14-11-8-5-2/h7,9-10,12,16-21,25-29,32-36,39,42,66-68,72-73H,4-6,8,11,13-15,22-24,30-31,37-38,40-41,43-65H2,1-3H3,(H,77,78)(H,79,80)/b10-7-,12-9-,19-16-,20-17-,21-18-,28-25-,29-26-,34-32-,35-33-,36-27-,42-39-. The Morgan fingerprint density at radius 1 is 0.326 bits per heavy atom. The number of hydrogen-bond donors (Lipinski definition) is 4. The Bertz CT molecular complexity index is 2160. The fourth-order valence-corrected chi connectivity index (χ4v) is 9.85. The summed E-state index contributed by atoms with van der Waals surface area (Å²) in [6.45, 7) is 2.31. The Morgan fingerprint density at radius 2 is 0.596 bits per heavy atom. The van der Waals surface area contributed by atoms with E-state index in [2.05, 4.69) is 154 Å². The number of aliphatic hydroxyl groups is 2. The molecule has 0 spiro atoms. The number of allylic oxidation sites excluding steroid dienone is 22. The van der Waals surface area contributed by atoms with Gasteiger partial charge in [0, 0.05) is 19.3 Å². The number of carbonyl (C=O) groups excluding carboxylic acids is 3. The Labute approximate surface area is 537 Å². The molecular weight excluding hydrogens is 1170 g/mol. The second kappa shape index (κ2) is 63.8. The van der Waals surface area contributed by atoms with Gasteiger partial charge in [-0.05, 0) is 135 Å². The summed E-state index contributed by atoms with van der Waals surface area (Å²) in [4.78, 5) is 58.3. The lowest BCUT2D eigenvalue weighted by molar-refractivity contribution is -0.161. The second-order valence-electron chi connectivity index (χ2n) is 21.9. The molecule has 0 aromatic carbocycles. The molecule has 0 saturated carbocycles. The van der Waals surface area contributed by atoms with E-state index in [1.54, 1.807) is 0 Å². The molecular formula is C71H118O16P2. The van der Waals surface area contributed by atoms with Crippen LogP contribution in [0.15, 0.2) is 134 Å². The van der Waals surface area contributed by atoms with E-state index in [1.807, 2.05) is 0 Å². The lowest BCUT2D eigenvalue weighted by Gasteiger charge is -2.21. The molecule has 5 atom stereocenters. The third-order valence-corrected chi connectivity index (χ3v) is 15.2. The maximum Gasteiger partial charge on any atom is 0.472 e. The van der Waals surface area contributed by atoms with Crippen LogP contribution in [0.5, 0.6) is 0 Å². The molecule has 89 heavy (non-hydrogen) atoms. The summed E-state index contributed by atoms with van der Waals surface area (Å²) < 4.78 is 60.8. The lowest BCUT2D eigenvalue weighted by Crippen LogP contribution is -2.30. The number of hydrogen-bond acceptors (Lipinski definition) is 14. The van der Waals surface area contributed by atoms with Crippen molar-refractivity contribution in [2.24, 2.45) is 0 Å². The Hall–Kier alpha value is -4.31. The Balaban J connectivity index is 4.75. The molecule has 0 saturated heterocycles. The molecule has 0 bridgehead atoms. The average molecular weight is 1290 g/mol. The summed E-state index contributed by atoms with van der Waals surface area (Å²) in [5.41, 5.74) is 0. The van der Waals surface area contributed by atoms with Gasteiger partial charge in [0.1, 0.15) is 25.4 Å². The first-order valence-corrected chi connectivity index (χ1v) is 36.5. The molecule has 0 heterocycles. The van der Waals surface area contributed by atoms with Crippen molar-refractivity contribution in [1.29, 1.82) is 0 Å². The average Bonchev–Trinajstić information content (AvgIpc) is 3.54. The predicted octanol–water partition coefficient (Wildman–Crippen LogP) is 18.4. The molecule has 0 aliphatic heterocycles. The Kier molecular flexibility index (Phi) is 60.7. The first-order chi connectivity index (χ1) is 43.2. The quantitative estimate of drug-likeness (QED) is 0.0146. The molecule has 508 valence electrons. The zero-order valence-corrected chi connectivity index (χ0v) is 56.6. The SMILES string of the molecule is CC/C=C\C/C=C\C/C=C\C/C=C\C/C=C\CCCCCC(=O)OCC(O)COP(=O)(O)OCC(O)COP(=O)(O)OCC(COC(=O)CCCCCCCC/C=C\C/C=C\C/C=C\CCCCC)OC(=O)CCCCCCC/C=C\C/C=C\C/C=C\CC. The van der Waals surface area contributed by atoms with E-state index in [-0.39, 0.29) is 19.3 Å². The first kappa shape index (κ1) is 84.7. The van der Waals surface area contributed by atoms with E-state index in [0.29, 0.717) is 19.3 Å². The van der Waals surface area contributed by atoms with Crippen molar-refractivity contribution in [3.8, 4) is 0 Å². The van der Waals surface area contributed by atoms with Crippen LogP contribution in [0.4, 0.5) is 0 Å². The third-order valence-electron chi connectivity index (χ3n) is 13.3. The van der Waals surface area contributed by atoms with Crippen molar-refractivity contribution in [2.45, 2.75) is 257 Å². The molecule has 0 aliphatic carbocycles. The molecule has 0 fully saturated rings. The van der Waals surface area contributed by atoms with Crippen LogP contribution in [-0.2, 0) is 55.8 Å². The smallest absolute Gasteiger partial charge is 0.463 e. The van der Waals surface area contributed by atoms with Crippen molar-refractivity contribution in [2.75, 3.05) is 39.6 Å². The molecule has 16 nitrogen and oxygen atoms in total. The summed E-state index contributed by atoms with van der Waals surface area (Å²) in [5, 5.41) is 20.5. The highest BCUT2D eigenvalue weighted by atomic mass is 31.2. The van der Waals surface area contributed by atoms with E-state index in [0.717, 1.165) is 161 Å². The summed E-state index contributed by atoms with van der Waals surface area (Å²) in [5.74, 6) is -1.65. The highest BCUT2D eigenvalue weighted by molar-refractivity contribution is 7.47. The predicted molar refractivity (Wildman–Crippen MR) is 362 cm³/mol. The van der Waals surface area contributed by atoms with Crippen LogP contribution in [0.1, 0.15) is 239 Å². The number of carbonyl (C=O) groups is 3. The maximum atomic E-state index is 12.9. The number of esters is 3. The molecule has 5 unspecified atom stereocenters. The molecule has 4 N–H and O–H groups in total. The molecule has 0 radical (unpaired) electrons. The summed E-state index contributed by atoms with van der Waals surface area (Å²) in [7, 11) is -9.80. The van der Waals surface area contributed by atoms with E-state index >= 15 is 0 Å². The normalized spacial score (nSPS) is 15.1. The Morgan fingerprint density at radius 3 is 0.955 bits per heavy atom. The minimum atomic E-state index is -4.94. The van der Waals surface area contributed by atoms with Crippen LogP contribution in [0.2, 0.25) is 0 Å². The number of aliphatic hydroxyl groups excluding tert-OH is 2. The molecule has 18 heteroatoms. The number of phosphoric acid groups is 2. The fourth-order valence-electron chi connectivity index (χ4n) is 8.26. The van der Waals surface area contributed by atoms with Gasteiger partial charge in [-0.3, -0.25) is 32.5 Å². The van der Waals surface area contributed by atoms with Gasteiger partial charge < -0.3 is 34.2 Å². The van der Waals surface area contributed by atoms with Crippen LogP contribution < -0.4 is 0 Å². The van der Waals surface area contributed by atoms with E-state index < -0.39 is 91.5 Å². The van der Waals surface area contributed by atoms with Crippen LogP contribution in [0, 0.1) is 0 Å². The van der Waals surface area contributed by atoms with Gasteiger partial charge in [0.25, 0.3) is 0 Å². The van der Waals surface area contributed by atoms with Gasteiger partial charge >= 0.3 is 33.6 Å². The minimum Gasteiger partial charge on any atom is -0.463 e. The zero-order chi connectivity index (χ0) is 65.3. The summed E-state index contributed by atoms with van der Waals surface area (Å²) in [6.07, 6.45) is 73.6. The number of rotatable bonds is 62. The third kappa shape index (κ3) is 65.0. The van der Waals surface area contributed by atoms with Gasteiger partial charge in [-0.25, -0.2) is 9.13 Å². The maximum absolute atomic E-state index is 12.9. The van der Waals surface area contributed by atoms with Crippen molar-refractivity contribution >= 4 is 33.6 Å². The van der Waals surface area contributed by atoms with Crippen LogP contribution in [0.3, 0.4) is 0 Å². The van der Waals surface area contributed by atoms with Crippen LogP contribution in [0.25, 0.3) is 0 Å². The monoisotopic (exact) mass is 1290 g/mol. The highest BCUT2D eigenvalue weighted by Gasteiger charge is 2.29.